The minimum Gasteiger partial charge on any atom is -0.478 e. The van der Waals surface area contributed by atoms with E-state index in [0.717, 1.165) is 11.3 Å². The minimum absolute atomic E-state index is 0. The number of aromatic nitrogens is 2. The van der Waals surface area contributed by atoms with Crippen molar-refractivity contribution in [1.29, 1.82) is 0 Å². The third kappa shape index (κ3) is 12.7. The summed E-state index contributed by atoms with van der Waals surface area (Å²) in [7, 11) is 6.16. The van der Waals surface area contributed by atoms with Crippen molar-refractivity contribution >= 4 is 58.3 Å². The molecular formula is C18H26Cl4N4O5. The van der Waals surface area contributed by atoms with Crippen molar-refractivity contribution in [3.63, 3.8) is 0 Å². The molecule has 31 heavy (non-hydrogen) atoms. The van der Waals surface area contributed by atoms with Gasteiger partial charge in [0.1, 0.15) is 10.3 Å². The third-order valence-corrected chi connectivity index (χ3v) is 4.22. The Hall–Kier alpha value is -1.72. The van der Waals surface area contributed by atoms with Gasteiger partial charge in [-0.25, -0.2) is 25.3 Å². The Labute approximate surface area is 202 Å². The van der Waals surface area contributed by atoms with E-state index < -0.39 is 5.97 Å². The predicted molar refractivity (Wildman–Crippen MR) is 124 cm³/mol. The number of nitrogens with zero attached hydrogens (tertiary/aromatic N) is 3. The van der Waals surface area contributed by atoms with Crippen LogP contribution >= 0.6 is 46.4 Å². The summed E-state index contributed by atoms with van der Waals surface area (Å²) >= 11 is 22.2. The fraction of sp³-hybridized carbons (Fsp3) is 0.333. The topological polar surface area (TPSA) is 114 Å². The van der Waals surface area contributed by atoms with Gasteiger partial charge in [0.2, 0.25) is 0 Å². The number of aromatic carboxylic acids is 1. The predicted octanol–water partition coefficient (Wildman–Crippen LogP) is 5.15. The molecule has 0 saturated heterocycles. The summed E-state index contributed by atoms with van der Waals surface area (Å²) in [5, 5.41) is 10.2. The molecule has 2 rings (SSSR count). The number of hydrogen-bond donors (Lipinski definition) is 2. The first-order valence-corrected chi connectivity index (χ1v) is 8.97. The number of halogens is 4. The van der Waals surface area contributed by atoms with E-state index in [1.165, 1.54) is 32.5 Å². The van der Waals surface area contributed by atoms with Gasteiger partial charge in [-0.3, -0.25) is 9.63 Å². The van der Waals surface area contributed by atoms with E-state index in [0.29, 0.717) is 5.56 Å². The number of nitrogens with one attached hydrogen (secondary N) is 1. The highest BCUT2D eigenvalue weighted by molar-refractivity contribution is 6.41. The Kier molecular flexibility index (Phi) is 19.6. The molecule has 2 aromatic rings. The fourth-order valence-corrected chi connectivity index (χ4v) is 1.88. The maximum atomic E-state index is 11.5. The molecule has 0 aliphatic carbocycles. The number of carbonyl (C=O) groups is 2. The second-order valence-electron chi connectivity index (χ2n) is 4.69. The van der Waals surface area contributed by atoms with Crippen LogP contribution in [0.4, 0.5) is 0 Å². The van der Waals surface area contributed by atoms with Gasteiger partial charge in [-0.15, -0.1) is 0 Å². The third-order valence-electron chi connectivity index (χ3n) is 2.85. The molecule has 1 amide bonds. The van der Waals surface area contributed by atoms with E-state index in [9.17, 15) is 9.59 Å². The minimum atomic E-state index is -1.07. The van der Waals surface area contributed by atoms with Gasteiger partial charge in [0, 0.05) is 26.5 Å². The first-order chi connectivity index (χ1) is 13.6. The molecule has 9 nitrogen and oxygen atoms in total. The van der Waals surface area contributed by atoms with Crippen LogP contribution in [0.15, 0.2) is 24.5 Å². The quantitative estimate of drug-likeness (QED) is 0.421. The van der Waals surface area contributed by atoms with E-state index in [4.69, 9.17) is 56.3 Å². The molecule has 0 aromatic carbocycles. The molecule has 0 bridgehead atoms. The van der Waals surface area contributed by atoms with Gasteiger partial charge in [0.15, 0.2) is 0 Å². The van der Waals surface area contributed by atoms with Gasteiger partial charge < -0.3 is 9.94 Å². The molecule has 176 valence electrons. The lowest BCUT2D eigenvalue weighted by Gasteiger charge is -2.13. The summed E-state index contributed by atoms with van der Waals surface area (Å²) < 4.78 is 0. The van der Waals surface area contributed by atoms with Gasteiger partial charge in [-0.2, -0.15) is 0 Å². The largest absolute Gasteiger partial charge is 0.478 e. The van der Waals surface area contributed by atoms with Crippen molar-refractivity contribution in [2.75, 3.05) is 28.3 Å². The molecule has 0 saturated carbocycles. The molecule has 0 unspecified atom stereocenters. The number of carbonyl (C=O) groups excluding carboxylic acids is 1. The Morgan fingerprint density at radius 3 is 1.68 bits per heavy atom. The lowest BCUT2D eigenvalue weighted by molar-refractivity contribution is -0.0757. The second-order valence-corrected chi connectivity index (χ2v) is 6.22. The number of carboxylic acids is 1. The second kappa shape index (κ2) is 17.9. The summed E-state index contributed by atoms with van der Waals surface area (Å²) in [6.45, 7) is 0. The van der Waals surface area contributed by atoms with Crippen LogP contribution in [0.5, 0.6) is 0 Å². The summed E-state index contributed by atoms with van der Waals surface area (Å²) in [5.41, 5.74) is 2.78. The maximum Gasteiger partial charge on any atom is 0.337 e. The molecule has 0 aliphatic heterocycles. The highest BCUT2D eigenvalue weighted by Crippen LogP contribution is 2.20. The van der Waals surface area contributed by atoms with Crippen molar-refractivity contribution in [3.05, 3.63) is 56.0 Å². The molecule has 2 aromatic heterocycles. The Balaban J connectivity index is -0.000000416. The zero-order chi connectivity index (χ0) is 22.6. The van der Waals surface area contributed by atoms with Crippen molar-refractivity contribution in [2.45, 2.75) is 14.9 Å². The summed E-state index contributed by atoms with van der Waals surface area (Å²) in [6.07, 6.45) is 2.49. The highest BCUT2D eigenvalue weighted by Gasteiger charge is 2.13. The van der Waals surface area contributed by atoms with Crippen LogP contribution in [0.2, 0.25) is 20.4 Å². The van der Waals surface area contributed by atoms with Crippen LogP contribution in [-0.4, -0.2) is 60.3 Å². The van der Waals surface area contributed by atoms with E-state index in [2.05, 4.69) is 20.3 Å². The van der Waals surface area contributed by atoms with Gasteiger partial charge in [-0.05, 0) is 12.1 Å². The van der Waals surface area contributed by atoms with E-state index in [-0.39, 0.29) is 46.7 Å². The molecule has 0 aliphatic rings. The smallest absolute Gasteiger partial charge is 0.337 e. The zero-order valence-corrected chi connectivity index (χ0v) is 18.8. The summed E-state index contributed by atoms with van der Waals surface area (Å²) in [6, 6.07) is 2.69. The number of hydrogen-bond acceptors (Lipinski definition) is 7. The molecule has 0 spiro atoms. The summed E-state index contributed by atoms with van der Waals surface area (Å²) in [5.74, 6) is -1.41. The Morgan fingerprint density at radius 1 is 0.968 bits per heavy atom. The lowest BCUT2D eigenvalue weighted by Crippen LogP contribution is -2.25. The van der Waals surface area contributed by atoms with E-state index in [1.54, 1.807) is 14.2 Å². The van der Waals surface area contributed by atoms with Crippen LogP contribution in [-0.2, 0) is 9.68 Å². The lowest BCUT2D eigenvalue weighted by atomic mass is 10.3. The molecule has 13 heteroatoms. The maximum absolute atomic E-state index is 11.5. The van der Waals surface area contributed by atoms with Gasteiger partial charge in [0.25, 0.3) is 5.91 Å². The van der Waals surface area contributed by atoms with Crippen LogP contribution in [0.3, 0.4) is 0 Å². The first-order valence-electron chi connectivity index (χ1n) is 7.46. The average Bonchev–Trinajstić information content (AvgIpc) is 2.71. The number of rotatable bonds is 4. The SMILES string of the molecule is C.C.CNOC.CON(C)C(=O)c1cnc(Cl)c(Cl)c1.O=C(O)c1cnc(Cl)c(Cl)c1. The summed E-state index contributed by atoms with van der Waals surface area (Å²) in [4.78, 5) is 38.1. The number of pyridine rings is 2. The molecular weight excluding hydrogens is 494 g/mol. The monoisotopic (exact) mass is 518 g/mol. The molecule has 0 atom stereocenters. The van der Waals surface area contributed by atoms with E-state index in [1.807, 2.05) is 0 Å². The van der Waals surface area contributed by atoms with Gasteiger partial charge >= 0.3 is 5.97 Å². The van der Waals surface area contributed by atoms with Crippen molar-refractivity contribution in [1.82, 2.24) is 20.5 Å². The van der Waals surface area contributed by atoms with Crippen LogP contribution in [0, 0.1) is 0 Å². The van der Waals surface area contributed by atoms with Crippen LogP contribution in [0.25, 0.3) is 0 Å². The van der Waals surface area contributed by atoms with Crippen LogP contribution < -0.4 is 5.48 Å². The van der Waals surface area contributed by atoms with Gasteiger partial charge in [0.05, 0.1) is 35.4 Å². The van der Waals surface area contributed by atoms with Crippen molar-refractivity contribution in [2.24, 2.45) is 0 Å². The van der Waals surface area contributed by atoms with Gasteiger partial charge in [-0.1, -0.05) is 61.3 Å². The fourth-order valence-electron chi connectivity index (χ4n) is 1.34. The normalized spacial score (nSPS) is 8.90. The van der Waals surface area contributed by atoms with E-state index >= 15 is 0 Å². The van der Waals surface area contributed by atoms with Crippen molar-refractivity contribution < 1.29 is 24.4 Å². The standard InChI is InChI=1S/C8H8Cl2N2O2.C6H3Cl2NO2.C2H7NO.2CH4/c1-12(14-2)8(13)5-3-6(9)7(10)11-4-5;7-4-1-3(6(10)11)2-9-5(4)8;1-3-4-2;;/h3-4H,1-2H3;1-2H,(H,10,11);3H,1-2H3;2*1H4. The number of carboxylic acid groups (broad SMARTS) is 1. The Morgan fingerprint density at radius 2 is 1.35 bits per heavy atom. The van der Waals surface area contributed by atoms with Crippen LogP contribution in [0.1, 0.15) is 35.6 Å². The number of amides is 1. The Bertz CT molecular complexity index is 826. The van der Waals surface area contributed by atoms with Crippen molar-refractivity contribution in [3.8, 4) is 0 Å². The molecule has 2 N–H and O–H groups in total. The highest BCUT2D eigenvalue weighted by atomic mass is 35.5. The number of hydroxylamine groups is 3. The molecule has 2 heterocycles. The average molecular weight is 520 g/mol. The first kappa shape index (κ1) is 33.9. The molecule has 0 radical (unpaired) electrons. The molecule has 0 fully saturated rings. The zero-order valence-electron chi connectivity index (χ0n) is 15.7.